The summed E-state index contributed by atoms with van der Waals surface area (Å²) < 4.78 is 31.7. The third-order valence-electron chi connectivity index (χ3n) is 3.92. The Bertz CT molecular complexity index is 544. The predicted molar refractivity (Wildman–Crippen MR) is 77.5 cm³/mol. The van der Waals surface area contributed by atoms with Crippen molar-refractivity contribution in [3.05, 3.63) is 24.3 Å². The third kappa shape index (κ3) is 2.68. The fourth-order valence-electron chi connectivity index (χ4n) is 2.73. The monoisotopic (exact) mass is 296 g/mol. The molecule has 0 spiro atoms. The second-order valence-electron chi connectivity index (χ2n) is 5.20. The number of morpholine rings is 1. The van der Waals surface area contributed by atoms with Crippen LogP contribution in [0, 0.1) is 0 Å². The molecule has 0 saturated carbocycles. The van der Waals surface area contributed by atoms with Crippen LogP contribution in [-0.4, -0.2) is 52.1 Å². The summed E-state index contributed by atoms with van der Waals surface area (Å²) >= 11 is 0. The van der Waals surface area contributed by atoms with Crippen molar-refractivity contribution in [1.82, 2.24) is 4.31 Å². The first-order valence-electron chi connectivity index (χ1n) is 7.11. The average Bonchev–Trinajstić information content (AvgIpc) is 3.03. The van der Waals surface area contributed by atoms with Crippen LogP contribution in [0.3, 0.4) is 0 Å². The van der Waals surface area contributed by atoms with E-state index in [9.17, 15) is 8.42 Å². The molecule has 3 rings (SSSR count). The van der Waals surface area contributed by atoms with Gasteiger partial charge in [0.15, 0.2) is 0 Å². The number of ether oxygens (including phenoxy) is 1. The summed E-state index contributed by atoms with van der Waals surface area (Å²) in [6.07, 6.45) is 1.93. The lowest BCUT2D eigenvalue weighted by atomic mass is 10.2. The molecule has 0 atom stereocenters. The van der Waals surface area contributed by atoms with Gasteiger partial charge in [0, 0.05) is 31.9 Å². The van der Waals surface area contributed by atoms with E-state index < -0.39 is 10.0 Å². The summed E-state index contributed by atoms with van der Waals surface area (Å²) in [5.74, 6) is 0. The lowest BCUT2D eigenvalue weighted by Gasteiger charge is -2.29. The SMILES string of the molecule is O=S(=O)(c1ccc(N2CCOCC2)cc1)N1CCCC1. The van der Waals surface area contributed by atoms with Gasteiger partial charge in [0.1, 0.15) is 0 Å². The highest BCUT2D eigenvalue weighted by Crippen LogP contribution is 2.23. The zero-order valence-electron chi connectivity index (χ0n) is 11.5. The predicted octanol–water partition coefficient (Wildman–Crippen LogP) is 1.31. The maximum atomic E-state index is 12.4. The highest BCUT2D eigenvalue weighted by molar-refractivity contribution is 7.89. The van der Waals surface area contributed by atoms with Crippen LogP contribution < -0.4 is 4.90 Å². The van der Waals surface area contributed by atoms with Crippen molar-refractivity contribution in [2.24, 2.45) is 0 Å². The Hall–Kier alpha value is -1.11. The van der Waals surface area contributed by atoms with Crippen LogP contribution in [0.4, 0.5) is 5.69 Å². The first-order valence-corrected chi connectivity index (χ1v) is 8.55. The standard InChI is InChI=1S/C14H20N2O3S/c17-20(18,16-7-1-2-8-16)14-5-3-13(4-6-14)15-9-11-19-12-10-15/h3-6H,1-2,7-12H2. The van der Waals surface area contributed by atoms with E-state index in [4.69, 9.17) is 4.74 Å². The number of benzene rings is 1. The Kier molecular flexibility index (Phi) is 3.96. The van der Waals surface area contributed by atoms with Crippen molar-refractivity contribution in [2.45, 2.75) is 17.7 Å². The molecule has 5 nitrogen and oxygen atoms in total. The van der Waals surface area contributed by atoms with Gasteiger partial charge >= 0.3 is 0 Å². The summed E-state index contributed by atoms with van der Waals surface area (Å²) in [5.41, 5.74) is 1.06. The van der Waals surface area contributed by atoms with Crippen molar-refractivity contribution in [1.29, 1.82) is 0 Å². The van der Waals surface area contributed by atoms with Gasteiger partial charge in [-0.2, -0.15) is 4.31 Å². The zero-order valence-corrected chi connectivity index (χ0v) is 12.3. The van der Waals surface area contributed by atoms with Crippen LogP contribution in [0.2, 0.25) is 0 Å². The molecule has 2 aliphatic rings. The van der Waals surface area contributed by atoms with Crippen LogP contribution in [0.1, 0.15) is 12.8 Å². The van der Waals surface area contributed by atoms with Gasteiger partial charge in [0.05, 0.1) is 18.1 Å². The Morgan fingerprint density at radius 2 is 1.50 bits per heavy atom. The van der Waals surface area contributed by atoms with Crippen molar-refractivity contribution in [3.8, 4) is 0 Å². The highest BCUT2D eigenvalue weighted by atomic mass is 32.2. The number of nitrogens with zero attached hydrogens (tertiary/aromatic N) is 2. The number of sulfonamides is 1. The molecule has 110 valence electrons. The summed E-state index contributed by atoms with van der Waals surface area (Å²) in [5, 5.41) is 0. The Balaban J connectivity index is 1.78. The highest BCUT2D eigenvalue weighted by Gasteiger charge is 2.27. The van der Waals surface area contributed by atoms with Crippen LogP contribution in [-0.2, 0) is 14.8 Å². The van der Waals surface area contributed by atoms with E-state index in [1.807, 2.05) is 12.1 Å². The fourth-order valence-corrected chi connectivity index (χ4v) is 4.25. The topological polar surface area (TPSA) is 49.9 Å². The maximum absolute atomic E-state index is 12.4. The van der Waals surface area contributed by atoms with Crippen molar-refractivity contribution < 1.29 is 13.2 Å². The number of hydrogen-bond donors (Lipinski definition) is 0. The minimum absolute atomic E-state index is 0.399. The Labute approximate surface area is 120 Å². The molecule has 2 saturated heterocycles. The van der Waals surface area contributed by atoms with Crippen LogP contribution in [0.25, 0.3) is 0 Å². The van der Waals surface area contributed by atoms with Crippen LogP contribution >= 0.6 is 0 Å². The molecule has 0 radical (unpaired) electrons. The van der Waals surface area contributed by atoms with Gasteiger partial charge in [-0.15, -0.1) is 0 Å². The lowest BCUT2D eigenvalue weighted by Crippen LogP contribution is -2.36. The maximum Gasteiger partial charge on any atom is 0.243 e. The number of anilines is 1. The van der Waals surface area contributed by atoms with Gasteiger partial charge in [-0.05, 0) is 37.1 Å². The summed E-state index contributed by atoms with van der Waals surface area (Å²) in [7, 11) is -3.30. The second-order valence-corrected chi connectivity index (χ2v) is 7.14. The van der Waals surface area contributed by atoms with E-state index in [0.717, 1.165) is 44.8 Å². The summed E-state index contributed by atoms with van der Waals surface area (Å²) in [4.78, 5) is 2.62. The molecule has 0 aliphatic carbocycles. The van der Waals surface area contributed by atoms with E-state index >= 15 is 0 Å². The summed E-state index contributed by atoms with van der Waals surface area (Å²) in [6, 6.07) is 7.24. The molecular weight excluding hydrogens is 276 g/mol. The molecule has 0 unspecified atom stereocenters. The smallest absolute Gasteiger partial charge is 0.243 e. The van der Waals surface area contributed by atoms with Gasteiger partial charge in [-0.25, -0.2) is 8.42 Å². The molecule has 20 heavy (non-hydrogen) atoms. The lowest BCUT2D eigenvalue weighted by molar-refractivity contribution is 0.122. The normalized spacial score (nSPS) is 21.3. The van der Waals surface area contributed by atoms with E-state index in [0.29, 0.717) is 18.0 Å². The third-order valence-corrected chi connectivity index (χ3v) is 5.83. The molecular formula is C14H20N2O3S. The molecule has 2 aliphatic heterocycles. The van der Waals surface area contributed by atoms with Gasteiger partial charge in [0.25, 0.3) is 0 Å². The average molecular weight is 296 g/mol. The number of rotatable bonds is 3. The molecule has 0 aromatic heterocycles. The van der Waals surface area contributed by atoms with Crippen LogP contribution in [0.5, 0.6) is 0 Å². The second kappa shape index (κ2) is 5.71. The molecule has 1 aromatic carbocycles. The van der Waals surface area contributed by atoms with E-state index in [-0.39, 0.29) is 0 Å². The molecule has 2 fully saturated rings. The van der Waals surface area contributed by atoms with Gasteiger partial charge in [-0.1, -0.05) is 0 Å². The molecule has 0 N–H and O–H groups in total. The molecule has 6 heteroatoms. The molecule has 0 amide bonds. The minimum Gasteiger partial charge on any atom is -0.378 e. The Morgan fingerprint density at radius 3 is 2.10 bits per heavy atom. The molecule has 2 heterocycles. The van der Waals surface area contributed by atoms with Gasteiger partial charge in [0.2, 0.25) is 10.0 Å². The van der Waals surface area contributed by atoms with Crippen molar-refractivity contribution in [2.75, 3.05) is 44.3 Å². The van der Waals surface area contributed by atoms with Crippen molar-refractivity contribution >= 4 is 15.7 Å². The van der Waals surface area contributed by atoms with E-state index in [2.05, 4.69) is 4.90 Å². The molecule has 0 bridgehead atoms. The van der Waals surface area contributed by atoms with Gasteiger partial charge in [-0.3, -0.25) is 0 Å². The first-order chi connectivity index (χ1) is 9.68. The first kappa shape index (κ1) is 13.9. The van der Waals surface area contributed by atoms with E-state index in [1.165, 1.54) is 0 Å². The molecule has 1 aromatic rings. The fraction of sp³-hybridized carbons (Fsp3) is 0.571. The van der Waals surface area contributed by atoms with Crippen LogP contribution in [0.15, 0.2) is 29.2 Å². The minimum atomic E-state index is -3.30. The van der Waals surface area contributed by atoms with Crippen molar-refractivity contribution in [3.63, 3.8) is 0 Å². The Morgan fingerprint density at radius 1 is 0.900 bits per heavy atom. The zero-order chi connectivity index (χ0) is 14.0. The number of hydrogen-bond acceptors (Lipinski definition) is 4. The largest absolute Gasteiger partial charge is 0.378 e. The van der Waals surface area contributed by atoms with Gasteiger partial charge < -0.3 is 9.64 Å². The van der Waals surface area contributed by atoms with E-state index in [1.54, 1.807) is 16.4 Å². The summed E-state index contributed by atoms with van der Waals surface area (Å²) in [6.45, 7) is 4.47. The quantitative estimate of drug-likeness (QED) is 0.844.